The van der Waals surface area contributed by atoms with Crippen molar-refractivity contribution in [1.82, 2.24) is 10.2 Å². The summed E-state index contributed by atoms with van der Waals surface area (Å²) >= 11 is 0. The van der Waals surface area contributed by atoms with Crippen LogP contribution in [0.15, 0.2) is 4.42 Å². The molecular formula is C6H9N2O3. The minimum absolute atomic E-state index is 0.319. The predicted octanol–water partition coefficient (Wildman–Crippen LogP) is 0.0328. The van der Waals surface area contributed by atoms with Crippen LogP contribution in [-0.2, 0) is 16.1 Å². The van der Waals surface area contributed by atoms with Gasteiger partial charge in [0.15, 0.2) is 0 Å². The molecule has 0 saturated heterocycles. The molecule has 1 rings (SSSR count). The van der Waals surface area contributed by atoms with E-state index in [0.29, 0.717) is 25.7 Å². The largest absolute Gasteiger partial charge is 0.414 e. The smallest absolute Gasteiger partial charge is 0.306 e. The van der Waals surface area contributed by atoms with Gasteiger partial charge in [-0.3, -0.25) is 0 Å². The Kier molecular flexibility index (Phi) is 3.57. The Hall–Kier alpha value is -0.940. The Balaban J connectivity index is 2.04. The van der Waals surface area contributed by atoms with Crippen LogP contribution in [0.5, 0.6) is 0 Å². The lowest BCUT2D eigenvalue weighted by Gasteiger charge is -1.97. The monoisotopic (exact) mass is 157 g/mol. The number of hydrogen-bond donors (Lipinski definition) is 0. The van der Waals surface area contributed by atoms with E-state index in [4.69, 9.17) is 13.9 Å². The maximum atomic E-state index is 5.08. The molecule has 0 amide bonds. The average molecular weight is 157 g/mol. The van der Waals surface area contributed by atoms with Gasteiger partial charge in [-0.15, -0.1) is 10.2 Å². The van der Waals surface area contributed by atoms with Crippen LogP contribution in [0.25, 0.3) is 0 Å². The molecule has 0 unspecified atom stereocenters. The third kappa shape index (κ3) is 3.10. The van der Waals surface area contributed by atoms with Gasteiger partial charge in [0.05, 0.1) is 13.2 Å². The van der Waals surface area contributed by atoms with Crippen molar-refractivity contribution < 1.29 is 13.9 Å². The molecule has 0 saturated carbocycles. The second-order valence-corrected chi connectivity index (χ2v) is 1.83. The first kappa shape index (κ1) is 8.16. The lowest BCUT2D eigenvalue weighted by molar-refractivity contribution is 0.0516. The lowest BCUT2D eigenvalue weighted by Crippen LogP contribution is -2.01. The molecule has 1 aromatic rings. The fourth-order valence-electron chi connectivity index (χ4n) is 0.530. The molecule has 5 heteroatoms. The molecule has 0 aliphatic carbocycles. The molecule has 1 aromatic heterocycles. The van der Waals surface area contributed by atoms with Crippen LogP contribution in [0.2, 0.25) is 0 Å². The van der Waals surface area contributed by atoms with Gasteiger partial charge in [0.2, 0.25) is 5.89 Å². The SMILES string of the molecule is COCCOCc1nn[c]o1. The zero-order valence-corrected chi connectivity index (χ0v) is 6.24. The van der Waals surface area contributed by atoms with Crippen molar-refractivity contribution in [3.05, 3.63) is 12.3 Å². The Morgan fingerprint density at radius 1 is 1.55 bits per heavy atom. The van der Waals surface area contributed by atoms with Crippen molar-refractivity contribution in [1.29, 1.82) is 0 Å². The van der Waals surface area contributed by atoms with Gasteiger partial charge >= 0.3 is 6.39 Å². The molecule has 5 nitrogen and oxygen atoms in total. The summed E-state index contributed by atoms with van der Waals surface area (Å²) in [6.45, 7) is 1.41. The van der Waals surface area contributed by atoms with Gasteiger partial charge in [0.25, 0.3) is 0 Å². The molecule has 0 fully saturated rings. The molecule has 0 atom stereocenters. The average Bonchev–Trinajstić information content (AvgIpc) is 2.50. The first-order chi connectivity index (χ1) is 5.43. The van der Waals surface area contributed by atoms with Gasteiger partial charge < -0.3 is 13.9 Å². The van der Waals surface area contributed by atoms with E-state index in [1.165, 1.54) is 0 Å². The summed E-state index contributed by atoms with van der Waals surface area (Å²) in [5.74, 6) is 0.432. The minimum Gasteiger partial charge on any atom is -0.414 e. The van der Waals surface area contributed by atoms with Gasteiger partial charge in [-0.2, -0.15) is 0 Å². The molecule has 0 aromatic carbocycles. The van der Waals surface area contributed by atoms with E-state index >= 15 is 0 Å². The van der Waals surface area contributed by atoms with E-state index in [0.717, 1.165) is 0 Å². The highest BCUT2D eigenvalue weighted by Crippen LogP contribution is 1.92. The fraction of sp³-hybridized carbons (Fsp3) is 0.667. The molecule has 11 heavy (non-hydrogen) atoms. The summed E-state index contributed by atoms with van der Waals surface area (Å²) < 4.78 is 14.5. The first-order valence-electron chi connectivity index (χ1n) is 3.18. The standard InChI is InChI=1S/C6H9N2O3/c1-9-2-3-10-4-6-8-7-5-11-6/h2-4H2,1H3. The number of methoxy groups -OCH3 is 1. The fourth-order valence-corrected chi connectivity index (χ4v) is 0.530. The van der Waals surface area contributed by atoms with Crippen LogP contribution in [0, 0.1) is 6.39 Å². The van der Waals surface area contributed by atoms with Crippen LogP contribution in [-0.4, -0.2) is 30.5 Å². The van der Waals surface area contributed by atoms with Gasteiger partial charge in [0.1, 0.15) is 6.61 Å². The van der Waals surface area contributed by atoms with Crippen LogP contribution < -0.4 is 0 Å². The number of hydrogen-bond acceptors (Lipinski definition) is 5. The van der Waals surface area contributed by atoms with Crippen molar-refractivity contribution in [2.24, 2.45) is 0 Å². The molecule has 0 bridgehead atoms. The van der Waals surface area contributed by atoms with Gasteiger partial charge in [0, 0.05) is 7.11 Å². The summed E-state index contributed by atoms with van der Waals surface area (Å²) in [6, 6.07) is 0. The highest BCUT2D eigenvalue weighted by atomic mass is 16.5. The van der Waals surface area contributed by atoms with Crippen molar-refractivity contribution in [3.8, 4) is 0 Å². The zero-order chi connectivity index (χ0) is 7.94. The highest BCUT2D eigenvalue weighted by molar-refractivity contribution is 4.65. The summed E-state index contributed by atoms with van der Waals surface area (Å²) in [6.07, 6.45) is 2.22. The minimum atomic E-state index is 0.319. The van der Waals surface area contributed by atoms with E-state index in [1.54, 1.807) is 7.11 Å². The van der Waals surface area contributed by atoms with Gasteiger partial charge in [-0.25, -0.2) is 0 Å². The van der Waals surface area contributed by atoms with Crippen LogP contribution in [0.4, 0.5) is 0 Å². The Morgan fingerprint density at radius 3 is 3.09 bits per heavy atom. The predicted molar refractivity (Wildman–Crippen MR) is 34.7 cm³/mol. The Bertz CT molecular complexity index is 176. The molecular weight excluding hydrogens is 148 g/mol. The summed E-state index contributed by atoms with van der Waals surface area (Å²) in [5.41, 5.74) is 0. The number of nitrogens with zero attached hydrogens (tertiary/aromatic N) is 2. The van der Waals surface area contributed by atoms with Crippen molar-refractivity contribution in [2.45, 2.75) is 6.61 Å². The van der Waals surface area contributed by atoms with Crippen molar-refractivity contribution in [3.63, 3.8) is 0 Å². The number of ether oxygens (including phenoxy) is 2. The second kappa shape index (κ2) is 4.81. The molecule has 0 aliphatic heterocycles. The highest BCUT2D eigenvalue weighted by Gasteiger charge is 1.97. The first-order valence-corrected chi connectivity index (χ1v) is 3.18. The normalized spacial score (nSPS) is 10.3. The van der Waals surface area contributed by atoms with E-state index in [2.05, 4.69) is 16.6 Å². The molecule has 1 heterocycles. The number of aromatic nitrogens is 2. The third-order valence-electron chi connectivity index (χ3n) is 1.02. The van der Waals surface area contributed by atoms with E-state index in [-0.39, 0.29) is 0 Å². The van der Waals surface area contributed by atoms with Gasteiger partial charge in [-0.1, -0.05) is 0 Å². The number of rotatable bonds is 5. The molecule has 1 radical (unpaired) electrons. The molecule has 0 aliphatic rings. The maximum absolute atomic E-state index is 5.08. The molecule has 61 valence electrons. The Labute approximate surface area is 64.3 Å². The topological polar surface area (TPSA) is 57.4 Å². The summed E-state index contributed by atoms with van der Waals surface area (Å²) in [4.78, 5) is 0. The molecule has 0 spiro atoms. The van der Waals surface area contributed by atoms with E-state index in [1.807, 2.05) is 0 Å². The lowest BCUT2D eigenvalue weighted by atomic mass is 10.7. The van der Waals surface area contributed by atoms with Crippen molar-refractivity contribution >= 4 is 0 Å². The second-order valence-electron chi connectivity index (χ2n) is 1.83. The summed E-state index contributed by atoms with van der Waals surface area (Å²) in [7, 11) is 1.61. The third-order valence-corrected chi connectivity index (χ3v) is 1.02. The quantitative estimate of drug-likeness (QED) is 0.564. The molecule has 0 N–H and O–H groups in total. The van der Waals surface area contributed by atoms with Gasteiger partial charge in [-0.05, 0) is 0 Å². The zero-order valence-electron chi connectivity index (χ0n) is 6.24. The van der Waals surface area contributed by atoms with E-state index in [9.17, 15) is 0 Å². The Morgan fingerprint density at radius 2 is 2.45 bits per heavy atom. The maximum Gasteiger partial charge on any atom is 0.306 e. The van der Waals surface area contributed by atoms with Crippen LogP contribution >= 0.6 is 0 Å². The van der Waals surface area contributed by atoms with E-state index < -0.39 is 0 Å². The van der Waals surface area contributed by atoms with Crippen LogP contribution in [0.3, 0.4) is 0 Å². The summed E-state index contributed by atoms with van der Waals surface area (Å²) in [5, 5.41) is 6.94. The van der Waals surface area contributed by atoms with Crippen molar-refractivity contribution in [2.75, 3.05) is 20.3 Å². The van der Waals surface area contributed by atoms with Crippen LogP contribution in [0.1, 0.15) is 5.89 Å².